The van der Waals surface area contributed by atoms with Gasteiger partial charge in [0.25, 0.3) is 0 Å². The van der Waals surface area contributed by atoms with Crippen LogP contribution in [0.1, 0.15) is 146 Å². The molecule has 7 amide bonds. The summed E-state index contributed by atoms with van der Waals surface area (Å²) in [6.45, 7) is 4.73. The van der Waals surface area contributed by atoms with Gasteiger partial charge in [-0.25, -0.2) is 9.59 Å². The number of carbonyl (C=O) groups excluding carboxylic acids is 7. The Labute approximate surface area is 717 Å². The Morgan fingerprint density at radius 3 is 1.87 bits per heavy atom. The number of hydrogen-bond donors (Lipinski definition) is 21. The van der Waals surface area contributed by atoms with Crippen molar-refractivity contribution in [3.63, 3.8) is 0 Å². The summed E-state index contributed by atoms with van der Waals surface area (Å²) in [5.41, 5.74) is -3.00. The predicted molar refractivity (Wildman–Crippen MR) is 434 cm³/mol. The van der Waals surface area contributed by atoms with E-state index in [9.17, 15) is 90.7 Å². The number of aryl methyl sites for hydroxylation is 1. The van der Waals surface area contributed by atoms with Crippen LogP contribution in [0, 0.1) is 12.8 Å². The van der Waals surface area contributed by atoms with Crippen LogP contribution in [-0.4, -0.2) is 224 Å². The fourth-order valence-electron chi connectivity index (χ4n) is 15.3. The molecule has 0 aliphatic carbocycles. The van der Waals surface area contributed by atoms with Gasteiger partial charge in [0.1, 0.15) is 120 Å². The van der Waals surface area contributed by atoms with Gasteiger partial charge in [-0.05, 0) is 140 Å². The fraction of sp³-hybridized carbons (Fsp3) is 0.400. The van der Waals surface area contributed by atoms with E-state index in [-0.39, 0.29) is 40.0 Å². The lowest BCUT2D eigenvalue weighted by molar-refractivity contribution is -0.277. The minimum absolute atomic E-state index is 0.118. The number of aromatic hydroxyl groups is 5. The van der Waals surface area contributed by atoms with E-state index in [1.54, 1.807) is 0 Å². The molecule has 2 fully saturated rings. The van der Waals surface area contributed by atoms with Gasteiger partial charge in [0, 0.05) is 41.2 Å². The Kier molecular flexibility index (Phi) is 28.7. The smallest absolute Gasteiger partial charge is 0.335 e. The van der Waals surface area contributed by atoms with Crippen LogP contribution in [0.15, 0.2) is 115 Å². The summed E-state index contributed by atoms with van der Waals surface area (Å²) in [6, 6.07) is 4.60. The first-order valence-corrected chi connectivity index (χ1v) is 40.3. The summed E-state index contributed by atoms with van der Waals surface area (Å²) in [4.78, 5) is 137. The second-order valence-electron chi connectivity index (χ2n) is 31.5. The number of nitrogens with one attached hydrogen (secondary N) is 7. The number of aliphatic carboxylic acids is 2. The third-order valence-electron chi connectivity index (χ3n) is 21.8. The summed E-state index contributed by atoms with van der Waals surface area (Å²) in [6.07, 6.45) is -16.4. The molecule has 0 aromatic heterocycles. The topological polar surface area (TPSA) is 580 Å². The Morgan fingerprint density at radius 2 is 1.21 bits per heavy atom. The molecule has 2 saturated heterocycles. The molecule has 39 heteroatoms. The molecule has 0 spiro atoms. The van der Waals surface area contributed by atoms with E-state index in [4.69, 9.17) is 51.6 Å². The summed E-state index contributed by atoms with van der Waals surface area (Å²) in [5.74, 6) is -18.8. The van der Waals surface area contributed by atoms with E-state index >= 15 is 24.0 Å². The number of amides is 7. The number of aliphatic hydroxyl groups is 7. The summed E-state index contributed by atoms with van der Waals surface area (Å²) in [7, 11) is 3.00. The van der Waals surface area contributed by atoms with Crippen LogP contribution in [0.2, 0.25) is 10.0 Å². The zero-order valence-electron chi connectivity index (χ0n) is 67.1. The van der Waals surface area contributed by atoms with Gasteiger partial charge in [-0.15, -0.1) is 0 Å². The van der Waals surface area contributed by atoms with Gasteiger partial charge in [-0.3, -0.25) is 38.5 Å². The first kappa shape index (κ1) is 91.4. The predicted octanol–water partition coefficient (Wildman–Crippen LogP) is 4.44. The highest BCUT2D eigenvalue weighted by molar-refractivity contribution is 6.33. The first-order valence-electron chi connectivity index (χ1n) is 39.6. The monoisotopic (exact) mass is 1760 g/mol. The number of benzene rings is 7. The normalized spacial score (nSPS) is 25.5. The van der Waals surface area contributed by atoms with Gasteiger partial charge < -0.3 is 137 Å². The summed E-state index contributed by atoms with van der Waals surface area (Å²) < 4.78 is 37.9. The largest absolute Gasteiger partial charge is 0.508 e. The summed E-state index contributed by atoms with van der Waals surface area (Å²) >= 11 is 14.1. The van der Waals surface area contributed by atoms with Crippen LogP contribution in [0.5, 0.6) is 63.2 Å². The lowest BCUT2D eigenvalue weighted by atomic mass is 9.89. The van der Waals surface area contributed by atoms with Gasteiger partial charge in [0.15, 0.2) is 35.1 Å². The van der Waals surface area contributed by atoms with Crippen molar-refractivity contribution in [2.24, 2.45) is 5.92 Å². The highest BCUT2D eigenvalue weighted by Gasteiger charge is 2.52. The Balaban J connectivity index is 1.08. The number of halogens is 2. The van der Waals surface area contributed by atoms with Crippen LogP contribution < -0.4 is 56.2 Å². The quantitative estimate of drug-likeness (QED) is 0.0329. The minimum Gasteiger partial charge on any atom is -0.508 e. The molecule has 37 nitrogen and oxygen atoms in total. The maximum atomic E-state index is 16.7. The van der Waals surface area contributed by atoms with Crippen LogP contribution in [0.3, 0.4) is 0 Å². The molecule has 7 aromatic rings. The lowest BCUT2D eigenvalue weighted by Gasteiger charge is -2.41. The second kappa shape index (κ2) is 38.9. The number of phenolic OH excluding ortho intramolecular Hbond substituents is 5. The van der Waals surface area contributed by atoms with Gasteiger partial charge in [-0.2, -0.15) is 0 Å². The highest BCUT2D eigenvalue weighted by atomic mass is 35.5. The molecular formula is C85H94Cl2N8O29. The molecule has 14 rings (SSSR count). The zero-order chi connectivity index (χ0) is 89.7. The van der Waals surface area contributed by atoms with Crippen LogP contribution in [-0.2, 0) is 59.0 Å². The molecule has 21 N–H and O–H groups in total. The van der Waals surface area contributed by atoms with Gasteiger partial charge >= 0.3 is 11.9 Å². The van der Waals surface area contributed by atoms with Crippen molar-refractivity contribution in [1.82, 2.24) is 42.1 Å². The van der Waals surface area contributed by atoms with E-state index in [0.29, 0.717) is 18.8 Å². The number of hydrogen-bond acceptors (Lipinski definition) is 28. The molecule has 7 heterocycles. The number of aliphatic hydroxyl groups excluding tert-OH is 7. The minimum atomic E-state index is -2.44. The van der Waals surface area contributed by atoms with E-state index in [0.717, 1.165) is 105 Å². The molecule has 124 heavy (non-hydrogen) atoms. The van der Waals surface area contributed by atoms with Gasteiger partial charge in [0.05, 0.1) is 16.7 Å². The maximum Gasteiger partial charge on any atom is 0.335 e. The molecule has 662 valence electrons. The Bertz CT molecular complexity index is 5220. The van der Waals surface area contributed by atoms with Crippen molar-refractivity contribution < 1.29 is 143 Å². The molecule has 0 unspecified atom stereocenters. The van der Waals surface area contributed by atoms with Crippen molar-refractivity contribution in [2.45, 2.75) is 188 Å². The number of ether oxygens (including phenoxy) is 6. The third-order valence-corrected chi connectivity index (χ3v) is 22.5. The van der Waals surface area contributed by atoms with E-state index in [1.165, 1.54) is 68.4 Å². The van der Waals surface area contributed by atoms with E-state index < -0.39 is 271 Å². The lowest BCUT2D eigenvalue weighted by Crippen LogP contribution is -2.66. The number of carboxylic acids is 2. The molecule has 7 aliphatic rings. The molecule has 0 radical (unpaired) electrons. The molecule has 18 atom stereocenters. The fourth-order valence-corrected chi connectivity index (χ4v) is 15.8. The third kappa shape index (κ3) is 20.3. The first-order chi connectivity index (χ1) is 58.9. The molecule has 0 saturated carbocycles. The van der Waals surface area contributed by atoms with Crippen LogP contribution >= 0.6 is 23.2 Å². The number of carboxylic acid groups (broad SMARTS) is 2. The van der Waals surface area contributed by atoms with Crippen molar-refractivity contribution in [2.75, 3.05) is 20.7 Å². The van der Waals surface area contributed by atoms with Crippen LogP contribution in [0.4, 0.5) is 0 Å². The summed E-state index contributed by atoms with van der Waals surface area (Å²) in [5, 5.41) is 174. The van der Waals surface area contributed by atoms with Gasteiger partial charge in [-0.1, -0.05) is 112 Å². The van der Waals surface area contributed by atoms with Crippen molar-refractivity contribution in [1.29, 1.82) is 0 Å². The number of likely N-dealkylation sites (N-methyl/N-ethyl adjacent to an activating group) is 1. The average molecular weight is 1760 g/mol. The molecular weight excluding hydrogens is 1670 g/mol. The Morgan fingerprint density at radius 1 is 0.565 bits per heavy atom. The number of carbonyl (C=O) groups is 9. The molecule has 7 aromatic carbocycles. The van der Waals surface area contributed by atoms with Crippen LogP contribution in [0.25, 0.3) is 11.1 Å². The van der Waals surface area contributed by atoms with Crippen molar-refractivity contribution >= 4 is 76.5 Å². The Hall–Kier alpha value is -11.9. The average Bonchev–Trinajstić information content (AvgIpc) is 0.759. The maximum absolute atomic E-state index is 16.7. The molecule has 11 bridgehead atoms. The standard InChI is InChI=1S/C85H94Cl2N8O29/c1-35(2)12-10-8-6-7-9-11-13-58(102)89-66-70(105)72(107)75(83(117)118)124-84(66)123-74-55-30-41-31-56(74)120-53-23-18-40(28-47(53)86)68(103)65-80(113)93-64(82(115)116)45-32-42(97)33-54(121-85-73(108)71(106)69(104)57(34-96)122-85)59(45)44-27-38(16-21-49(44)98)61(77(110)94-65)90-78(111)62(41)91-79(112)63(46-24-36(3)25-52(101)60(46)87)92-76(109)48(26-37-14-19-43(119-55)20-15-37)88-81(114)67(95(4)5)39-17-22-50(99)51(100)29-39/h14-25,27-33,35,48,57,61-73,75,84-85,96-101,103-108H,6-13,26,34H2,1-5H3,(H,88,114)(H,89,102)(H,90,111)(H,91,112)(H,92,109)(H,93,113)(H,94,110)(H,115,116)(H,117,118)/t48-,57-,61-,62-,63+,64+,65+,66-,67-,68-,69-,70-,71+,72+,73+,75+,84-,85+/m1/s1. The second-order valence-corrected chi connectivity index (χ2v) is 32.3. The van der Waals surface area contributed by atoms with E-state index in [1.807, 2.05) is 0 Å². The number of phenols is 5. The van der Waals surface area contributed by atoms with Gasteiger partial charge in [0.2, 0.25) is 59.7 Å². The SMILES string of the molecule is Cc1cc(O)c(Cl)c([C@@H]2NC(=O)[C@H](NC(=O)[C@@H](c3ccc(O)c(O)c3)N(C)C)Cc3ccc(cc3)Oc3cc4cc(c3O[C@@H]3O[C@H](C(=O)O)[C@@H](O)[C@H](O)[C@H]3NC(=O)CCCCCCCCC(C)C)Oc3ccc(cc3Cl)[C@@H](O)[C@@H]3NC(=O)[C@H](NC(=O)[C@@H]4NC2=O)c2ccc(O)c(c2)-c2c(O[C@H]4O[C@H](CO)[C@@H](O)[C@H](O)[C@@H]4O)cc(O)cc2[C@@H](C(=O)O)NC3=O)c1. The molecule has 7 aliphatic heterocycles. The van der Waals surface area contributed by atoms with Crippen molar-refractivity contribution in [3.05, 3.63) is 170 Å². The van der Waals surface area contributed by atoms with E-state index in [2.05, 4.69) is 51.1 Å². The number of rotatable bonds is 22. The number of nitrogens with zero attached hydrogens (tertiary/aromatic N) is 1. The number of unbranched alkanes of at least 4 members (excludes halogenated alkanes) is 5. The highest BCUT2D eigenvalue weighted by Crippen LogP contribution is 2.50. The van der Waals surface area contributed by atoms with Crippen molar-refractivity contribution in [3.8, 4) is 74.4 Å². The zero-order valence-corrected chi connectivity index (χ0v) is 68.6. The number of fused-ring (bicyclic) bond motifs is 15.